The average Bonchev–Trinajstić information content (AvgIpc) is 2.90. The van der Waals surface area contributed by atoms with Gasteiger partial charge in [-0.25, -0.2) is 0 Å². The molecule has 1 aromatic heterocycles. The maximum Gasteiger partial charge on any atom is 0.214 e. The van der Waals surface area contributed by atoms with E-state index in [9.17, 15) is 0 Å². The molecular formula is C29H40N4O3. The van der Waals surface area contributed by atoms with Crippen molar-refractivity contribution in [2.45, 2.75) is 62.7 Å². The quantitative estimate of drug-likeness (QED) is 0.594. The third-order valence-corrected chi connectivity index (χ3v) is 8.74. The van der Waals surface area contributed by atoms with Crippen molar-refractivity contribution in [2.75, 3.05) is 62.8 Å². The summed E-state index contributed by atoms with van der Waals surface area (Å²) in [5, 5.41) is 0. The maximum atomic E-state index is 6.38. The number of morpholine rings is 1. The standard InChI is InChI=1S/C29H40N4O3/c1-34-28-7-3-6-27(30-28)33-20-21-35-29(22-33)14-18-32(19-15-29)24-8-10-25(11-9-24)36-26-12-16-31(17-13-26)23-4-2-5-23/h3,6-11,23,26H,2,4-5,12-22H2,1H3. The number of piperidine rings is 2. The highest BCUT2D eigenvalue weighted by Gasteiger charge is 2.40. The smallest absolute Gasteiger partial charge is 0.214 e. The molecule has 2 aromatic rings. The van der Waals surface area contributed by atoms with Crippen molar-refractivity contribution in [1.82, 2.24) is 9.88 Å². The van der Waals surface area contributed by atoms with Crippen LogP contribution in [0.15, 0.2) is 42.5 Å². The van der Waals surface area contributed by atoms with E-state index in [0.29, 0.717) is 12.0 Å². The minimum absolute atomic E-state index is 0.100. The number of likely N-dealkylation sites (tertiary alicyclic amines) is 1. The molecule has 7 heteroatoms. The Labute approximate surface area is 215 Å². The molecule has 3 aliphatic heterocycles. The number of aromatic nitrogens is 1. The first-order chi connectivity index (χ1) is 17.7. The maximum absolute atomic E-state index is 6.38. The van der Waals surface area contributed by atoms with Crippen LogP contribution in [0.25, 0.3) is 0 Å². The summed E-state index contributed by atoms with van der Waals surface area (Å²) in [5.74, 6) is 2.64. The zero-order valence-corrected chi connectivity index (χ0v) is 21.6. The predicted octanol–water partition coefficient (Wildman–Crippen LogP) is 4.36. The van der Waals surface area contributed by atoms with Gasteiger partial charge in [-0.05, 0) is 68.9 Å². The summed E-state index contributed by atoms with van der Waals surface area (Å²) < 4.78 is 18.1. The molecule has 1 spiro atoms. The summed E-state index contributed by atoms with van der Waals surface area (Å²) in [5.41, 5.74) is 1.18. The van der Waals surface area contributed by atoms with E-state index < -0.39 is 0 Å². The van der Waals surface area contributed by atoms with Crippen LogP contribution in [0.1, 0.15) is 44.9 Å². The molecule has 0 bridgehead atoms. The zero-order valence-electron chi connectivity index (χ0n) is 21.6. The van der Waals surface area contributed by atoms with Crippen molar-refractivity contribution in [3.05, 3.63) is 42.5 Å². The fourth-order valence-electron chi connectivity index (χ4n) is 6.25. The van der Waals surface area contributed by atoms with E-state index in [2.05, 4.69) is 50.0 Å². The third-order valence-electron chi connectivity index (χ3n) is 8.74. The molecule has 3 saturated heterocycles. The summed E-state index contributed by atoms with van der Waals surface area (Å²) in [6, 6.07) is 15.6. The fourth-order valence-corrected chi connectivity index (χ4v) is 6.25. The minimum atomic E-state index is -0.100. The number of anilines is 2. The molecular weight excluding hydrogens is 452 g/mol. The molecule has 1 aliphatic carbocycles. The van der Waals surface area contributed by atoms with Crippen LogP contribution in [0.4, 0.5) is 11.5 Å². The van der Waals surface area contributed by atoms with Gasteiger partial charge in [-0.3, -0.25) is 0 Å². The van der Waals surface area contributed by atoms with Crippen molar-refractivity contribution in [3.8, 4) is 11.6 Å². The Hall–Kier alpha value is -2.51. The van der Waals surface area contributed by atoms with Crippen LogP contribution in [0.5, 0.6) is 11.6 Å². The van der Waals surface area contributed by atoms with Gasteiger partial charge in [-0.1, -0.05) is 12.5 Å². The largest absolute Gasteiger partial charge is 0.490 e. The lowest BCUT2D eigenvalue weighted by molar-refractivity contribution is -0.0706. The SMILES string of the molecule is COc1cccc(N2CCOC3(CCN(c4ccc(OC5CCN(C6CCC6)CC5)cc4)CC3)C2)n1. The Morgan fingerprint density at radius 1 is 0.889 bits per heavy atom. The van der Waals surface area contributed by atoms with Crippen LogP contribution in [-0.2, 0) is 4.74 Å². The lowest BCUT2D eigenvalue weighted by Crippen LogP contribution is -2.57. The molecule has 0 radical (unpaired) electrons. The Bertz CT molecular complexity index is 996. The van der Waals surface area contributed by atoms with Crippen molar-refractivity contribution in [2.24, 2.45) is 0 Å². The van der Waals surface area contributed by atoms with E-state index in [1.807, 2.05) is 12.1 Å². The molecule has 7 nitrogen and oxygen atoms in total. The fraction of sp³-hybridized carbons (Fsp3) is 0.621. The van der Waals surface area contributed by atoms with Crippen LogP contribution < -0.4 is 19.3 Å². The number of hydrogen-bond acceptors (Lipinski definition) is 7. The molecule has 194 valence electrons. The number of methoxy groups -OCH3 is 1. The van der Waals surface area contributed by atoms with Gasteiger partial charge in [-0.15, -0.1) is 0 Å². The van der Waals surface area contributed by atoms with Crippen LogP contribution in [0.3, 0.4) is 0 Å². The summed E-state index contributed by atoms with van der Waals surface area (Å²) in [7, 11) is 1.67. The normalized spacial score (nSPS) is 23.5. The molecule has 1 aromatic carbocycles. The van der Waals surface area contributed by atoms with E-state index >= 15 is 0 Å². The average molecular weight is 493 g/mol. The van der Waals surface area contributed by atoms with E-state index in [1.54, 1.807) is 7.11 Å². The Balaban J connectivity index is 1.00. The number of pyridine rings is 1. The lowest BCUT2D eigenvalue weighted by Gasteiger charge is -2.48. The van der Waals surface area contributed by atoms with Gasteiger partial charge in [0.1, 0.15) is 17.7 Å². The molecule has 4 heterocycles. The van der Waals surface area contributed by atoms with Crippen molar-refractivity contribution < 1.29 is 14.2 Å². The van der Waals surface area contributed by atoms with Crippen molar-refractivity contribution in [1.29, 1.82) is 0 Å². The topological polar surface area (TPSA) is 50.3 Å². The van der Waals surface area contributed by atoms with Gasteiger partial charge in [0, 0.05) is 57.1 Å². The monoisotopic (exact) mass is 492 g/mol. The van der Waals surface area contributed by atoms with Crippen LogP contribution >= 0.6 is 0 Å². The Morgan fingerprint density at radius 3 is 2.36 bits per heavy atom. The predicted molar refractivity (Wildman–Crippen MR) is 142 cm³/mol. The Kier molecular flexibility index (Phi) is 6.94. The summed E-state index contributed by atoms with van der Waals surface area (Å²) >= 11 is 0. The number of nitrogens with zero attached hydrogens (tertiary/aromatic N) is 4. The first-order valence-electron chi connectivity index (χ1n) is 13.9. The first kappa shape index (κ1) is 23.9. The van der Waals surface area contributed by atoms with Crippen LogP contribution in [0.2, 0.25) is 0 Å². The minimum Gasteiger partial charge on any atom is -0.490 e. The van der Waals surface area contributed by atoms with E-state index in [0.717, 1.165) is 76.1 Å². The van der Waals surface area contributed by atoms with E-state index in [4.69, 9.17) is 14.2 Å². The van der Waals surface area contributed by atoms with Gasteiger partial charge in [-0.2, -0.15) is 4.98 Å². The van der Waals surface area contributed by atoms with Gasteiger partial charge in [0.05, 0.1) is 19.3 Å². The Morgan fingerprint density at radius 2 is 1.67 bits per heavy atom. The lowest BCUT2D eigenvalue weighted by atomic mass is 9.89. The second-order valence-electron chi connectivity index (χ2n) is 10.9. The van der Waals surface area contributed by atoms with Gasteiger partial charge < -0.3 is 28.9 Å². The van der Waals surface area contributed by atoms with Gasteiger partial charge in [0.15, 0.2) is 0 Å². The summed E-state index contributed by atoms with van der Waals surface area (Å²) in [6.07, 6.45) is 8.90. The third kappa shape index (κ3) is 5.14. The molecule has 0 amide bonds. The second kappa shape index (κ2) is 10.5. The number of ether oxygens (including phenoxy) is 3. The molecule has 4 aliphatic rings. The van der Waals surface area contributed by atoms with E-state index in [1.165, 1.54) is 38.0 Å². The van der Waals surface area contributed by atoms with Crippen molar-refractivity contribution >= 4 is 11.5 Å². The second-order valence-corrected chi connectivity index (χ2v) is 10.9. The van der Waals surface area contributed by atoms with Crippen LogP contribution in [0, 0.1) is 0 Å². The molecule has 1 saturated carbocycles. The highest BCUT2D eigenvalue weighted by molar-refractivity contribution is 5.50. The highest BCUT2D eigenvalue weighted by atomic mass is 16.5. The molecule has 0 N–H and O–H groups in total. The van der Waals surface area contributed by atoms with E-state index in [-0.39, 0.29) is 5.60 Å². The highest BCUT2D eigenvalue weighted by Crippen LogP contribution is 2.35. The molecule has 4 fully saturated rings. The molecule has 6 rings (SSSR count). The van der Waals surface area contributed by atoms with Crippen LogP contribution in [-0.4, -0.2) is 80.6 Å². The summed E-state index contributed by atoms with van der Waals surface area (Å²) in [6.45, 7) is 6.87. The van der Waals surface area contributed by atoms with Gasteiger partial charge in [0.25, 0.3) is 0 Å². The van der Waals surface area contributed by atoms with Crippen molar-refractivity contribution in [3.63, 3.8) is 0 Å². The van der Waals surface area contributed by atoms with Gasteiger partial charge >= 0.3 is 0 Å². The van der Waals surface area contributed by atoms with Gasteiger partial charge in [0.2, 0.25) is 5.88 Å². The summed E-state index contributed by atoms with van der Waals surface area (Å²) in [4.78, 5) is 12.2. The first-order valence-corrected chi connectivity index (χ1v) is 13.9. The number of hydrogen-bond donors (Lipinski definition) is 0. The zero-order chi connectivity index (χ0) is 24.4. The number of rotatable bonds is 6. The molecule has 0 atom stereocenters. The number of benzene rings is 1. The molecule has 0 unspecified atom stereocenters. The molecule has 36 heavy (non-hydrogen) atoms.